The first-order valence-electron chi connectivity index (χ1n) is 7.51. The molecule has 4 nitrogen and oxygen atoms in total. The molecule has 0 bridgehead atoms. The maximum Gasteiger partial charge on any atom is 0.230 e. The van der Waals surface area contributed by atoms with Gasteiger partial charge in [0, 0.05) is 37.4 Å². The quantitative estimate of drug-likeness (QED) is 0.854. The van der Waals surface area contributed by atoms with Crippen molar-refractivity contribution in [2.75, 3.05) is 24.7 Å². The lowest BCUT2D eigenvalue weighted by Gasteiger charge is -2.29. The van der Waals surface area contributed by atoms with E-state index in [-0.39, 0.29) is 17.9 Å². The Morgan fingerprint density at radius 1 is 1.20 bits per heavy atom. The fourth-order valence-corrected chi connectivity index (χ4v) is 3.19. The van der Waals surface area contributed by atoms with Gasteiger partial charge in [0.2, 0.25) is 5.91 Å². The average molecular weight is 274 g/mol. The summed E-state index contributed by atoms with van der Waals surface area (Å²) < 4.78 is 5.36. The van der Waals surface area contributed by atoms with E-state index in [0.29, 0.717) is 13.2 Å². The lowest BCUT2D eigenvalue weighted by molar-refractivity contribution is -0.125. The Hall–Kier alpha value is -1.39. The zero-order chi connectivity index (χ0) is 13.9. The number of hydrogen-bond donors (Lipinski definition) is 1. The Labute approximate surface area is 119 Å². The predicted octanol–water partition coefficient (Wildman–Crippen LogP) is 2.24. The van der Waals surface area contributed by atoms with Crippen LogP contribution in [0.4, 0.5) is 5.69 Å². The van der Waals surface area contributed by atoms with Crippen LogP contribution in [-0.4, -0.2) is 25.7 Å². The summed E-state index contributed by atoms with van der Waals surface area (Å²) in [6.45, 7) is 2.18. The van der Waals surface area contributed by atoms with E-state index in [1.807, 2.05) is 23.1 Å². The minimum atomic E-state index is 0.0405. The molecule has 0 aliphatic carbocycles. The Morgan fingerprint density at radius 2 is 1.95 bits per heavy atom. The summed E-state index contributed by atoms with van der Waals surface area (Å²) in [4.78, 5) is 14.8. The third-order valence-corrected chi connectivity index (χ3v) is 4.36. The van der Waals surface area contributed by atoms with Crippen LogP contribution >= 0.6 is 0 Å². The van der Waals surface area contributed by atoms with Gasteiger partial charge in [0.25, 0.3) is 0 Å². The number of nitrogens with zero attached hydrogens (tertiary/aromatic N) is 1. The number of hydrogen-bond acceptors (Lipinski definition) is 3. The molecule has 2 N–H and O–H groups in total. The molecule has 20 heavy (non-hydrogen) atoms. The van der Waals surface area contributed by atoms with E-state index >= 15 is 0 Å². The number of ether oxygens (including phenoxy) is 1. The van der Waals surface area contributed by atoms with Crippen LogP contribution in [0, 0.1) is 5.92 Å². The van der Waals surface area contributed by atoms with Crippen molar-refractivity contribution in [1.82, 2.24) is 0 Å². The summed E-state index contributed by atoms with van der Waals surface area (Å²) in [6, 6.07) is 8.11. The molecule has 1 aromatic rings. The smallest absolute Gasteiger partial charge is 0.230 e. The van der Waals surface area contributed by atoms with E-state index in [0.717, 1.165) is 43.5 Å². The minimum absolute atomic E-state index is 0.0405. The summed E-state index contributed by atoms with van der Waals surface area (Å²) in [5.41, 5.74) is 8.34. The van der Waals surface area contributed by atoms with Gasteiger partial charge in [-0.2, -0.15) is 0 Å². The molecule has 0 aromatic heterocycles. The molecule has 2 aliphatic heterocycles. The van der Waals surface area contributed by atoms with Crippen LogP contribution < -0.4 is 10.6 Å². The van der Waals surface area contributed by atoms with E-state index < -0.39 is 0 Å². The van der Waals surface area contributed by atoms with Gasteiger partial charge in [0.15, 0.2) is 0 Å². The molecular weight excluding hydrogens is 252 g/mol. The largest absolute Gasteiger partial charge is 0.381 e. The van der Waals surface area contributed by atoms with E-state index in [1.54, 1.807) is 0 Å². The number of carbonyl (C=O) groups excluding carboxylic acids is 1. The van der Waals surface area contributed by atoms with Crippen LogP contribution in [0.3, 0.4) is 0 Å². The molecule has 1 aromatic carbocycles. The van der Waals surface area contributed by atoms with Crippen molar-refractivity contribution in [2.45, 2.75) is 31.7 Å². The summed E-state index contributed by atoms with van der Waals surface area (Å²) in [5.74, 6) is 0.348. The van der Waals surface area contributed by atoms with Crippen molar-refractivity contribution >= 4 is 11.6 Å². The van der Waals surface area contributed by atoms with Crippen LogP contribution in [0.2, 0.25) is 0 Å². The van der Waals surface area contributed by atoms with Crippen LogP contribution in [0.5, 0.6) is 0 Å². The fraction of sp³-hybridized carbons (Fsp3) is 0.562. The van der Waals surface area contributed by atoms with Gasteiger partial charge in [-0.15, -0.1) is 0 Å². The highest BCUT2D eigenvalue weighted by Crippen LogP contribution is 2.33. The van der Waals surface area contributed by atoms with E-state index in [4.69, 9.17) is 10.5 Å². The lowest BCUT2D eigenvalue weighted by Crippen LogP contribution is -2.39. The standard InChI is InChI=1S/C16H22N2O2/c17-14-5-3-9-18(15-6-2-1-4-13(14)15)16(19)12-7-10-20-11-8-12/h1-2,4,6,12,14H,3,5,7-11,17H2. The number of nitrogens with two attached hydrogens (primary N) is 1. The minimum Gasteiger partial charge on any atom is -0.381 e. The van der Waals surface area contributed by atoms with Crippen LogP contribution in [-0.2, 0) is 9.53 Å². The molecule has 1 amide bonds. The number of amides is 1. The first-order chi connectivity index (χ1) is 9.77. The van der Waals surface area contributed by atoms with Gasteiger partial charge in [-0.3, -0.25) is 4.79 Å². The summed E-state index contributed by atoms with van der Waals surface area (Å²) in [5, 5.41) is 0. The van der Waals surface area contributed by atoms with E-state index in [9.17, 15) is 4.79 Å². The van der Waals surface area contributed by atoms with E-state index in [1.165, 1.54) is 0 Å². The zero-order valence-electron chi connectivity index (χ0n) is 11.8. The Balaban J connectivity index is 1.88. The molecule has 1 atom stereocenters. The average Bonchev–Trinajstić information content (AvgIpc) is 2.67. The molecule has 2 aliphatic rings. The van der Waals surface area contributed by atoms with Gasteiger partial charge in [-0.25, -0.2) is 0 Å². The van der Waals surface area contributed by atoms with Crippen molar-refractivity contribution < 1.29 is 9.53 Å². The maximum atomic E-state index is 12.8. The molecule has 3 rings (SSSR count). The van der Waals surface area contributed by atoms with Crippen molar-refractivity contribution in [3.8, 4) is 0 Å². The second-order valence-corrected chi connectivity index (χ2v) is 5.68. The van der Waals surface area contributed by atoms with E-state index in [2.05, 4.69) is 6.07 Å². The second-order valence-electron chi connectivity index (χ2n) is 5.68. The Kier molecular flexibility index (Phi) is 4.03. The Bertz CT molecular complexity index is 483. The number of rotatable bonds is 1. The highest BCUT2D eigenvalue weighted by molar-refractivity contribution is 5.96. The number of anilines is 1. The lowest BCUT2D eigenvalue weighted by atomic mass is 9.97. The SMILES string of the molecule is NC1CCCN(C(=O)C2CCOCC2)c2ccccc21. The molecule has 4 heteroatoms. The van der Waals surface area contributed by atoms with Crippen molar-refractivity contribution in [3.63, 3.8) is 0 Å². The molecule has 0 spiro atoms. The van der Waals surface area contributed by atoms with Gasteiger partial charge in [0.1, 0.15) is 0 Å². The molecule has 0 radical (unpaired) electrons. The normalized spacial score (nSPS) is 24.1. The van der Waals surface area contributed by atoms with Gasteiger partial charge >= 0.3 is 0 Å². The molecular formula is C16H22N2O2. The zero-order valence-corrected chi connectivity index (χ0v) is 11.8. The van der Waals surface area contributed by atoms with Gasteiger partial charge in [-0.05, 0) is 37.3 Å². The molecule has 1 fully saturated rings. The number of para-hydroxylation sites is 1. The topological polar surface area (TPSA) is 55.6 Å². The van der Waals surface area contributed by atoms with Crippen LogP contribution in [0.15, 0.2) is 24.3 Å². The molecule has 0 saturated carbocycles. The first kappa shape index (κ1) is 13.6. The highest BCUT2D eigenvalue weighted by atomic mass is 16.5. The van der Waals surface area contributed by atoms with Crippen molar-refractivity contribution in [1.29, 1.82) is 0 Å². The van der Waals surface area contributed by atoms with Gasteiger partial charge in [-0.1, -0.05) is 18.2 Å². The second kappa shape index (κ2) is 5.94. The highest BCUT2D eigenvalue weighted by Gasteiger charge is 2.30. The summed E-state index contributed by atoms with van der Waals surface area (Å²) >= 11 is 0. The predicted molar refractivity (Wildman–Crippen MR) is 78.5 cm³/mol. The third kappa shape index (κ3) is 2.58. The number of benzene rings is 1. The van der Waals surface area contributed by atoms with Crippen molar-refractivity contribution in [2.24, 2.45) is 11.7 Å². The van der Waals surface area contributed by atoms with Gasteiger partial charge in [0.05, 0.1) is 0 Å². The number of carbonyl (C=O) groups is 1. The summed E-state index contributed by atoms with van der Waals surface area (Å²) in [7, 11) is 0. The van der Waals surface area contributed by atoms with Gasteiger partial charge < -0.3 is 15.4 Å². The Morgan fingerprint density at radius 3 is 2.75 bits per heavy atom. The van der Waals surface area contributed by atoms with Crippen molar-refractivity contribution in [3.05, 3.63) is 29.8 Å². The monoisotopic (exact) mass is 274 g/mol. The molecule has 1 saturated heterocycles. The maximum absolute atomic E-state index is 12.8. The van der Waals surface area contributed by atoms with Crippen LogP contribution in [0.1, 0.15) is 37.3 Å². The molecule has 108 valence electrons. The fourth-order valence-electron chi connectivity index (χ4n) is 3.19. The first-order valence-corrected chi connectivity index (χ1v) is 7.51. The molecule has 2 heterocycles. The third-order valence-electron chi connectivity index (χ3n) is 4.36. The summed E-state index contributed by atoms with van der Waals surface area (Å²) in [6.07, 6.45) is 3.58. The number of fused-ring (bicyclic) bond motifs is 1. The molecule has 1 unspecified atom stereocenters. The van der Waals surface area contributed by atoms with Crippen LogP contribution in [0.25, 0.3) is 0 Å².